The monoisotopic (exact) mass is 227 g/mol. The molecular formula is C14H29NO. The molecular weight excluding hydrogens is 198 g/mol. The topological polar surface area (TPSA) is 21.3 Å². The Hall–Kier alpha value is -0.0800. The van der Waals surface area contributed by atoms with E-state index >= 15 is 0 Å². The summed E-state index contributed by atoms with van der Waals surface area (Å²) in [6, 6.07) is 0. The van der Waals surface area contributed by atoms with E-state index in [0.717, 1.165) is 12.3 Å². The average molecular weight is 227 g/mol. The van der Waals surface area contributed by atoms with E-state index in [9.17, 15) is 0 Å². The minimum Gasteiger partial charge on any atom is -0.379 e. The van der Waals surface area contributed by atoms with Crippen molar-refractivity contribution >= 4 is 0 Å². The Labute approximate surface area is 101 Å². The molecule has 1 rings (SSSR count). The number of ether oxygens (including phenoxy) is 1. The van der Waals surface area contributed by atoms with Crippen LogP contribution in [0.1, 0.15) is 53.4 Å². The van der Waals surface area contributed by atoms with Gasteiger partial charge in [-0.2, -0.15) is 0 Å². The molecule has 1 aliphatic rings. The fourth-order valence-corrected chi connectivity index (χ4v) is 3.16. The largest absolute Gasteiger partial charge is 0.379 e. The van der Waals surface area contributed by atoms with Gasteiger partial charge in [0, 0.05) is 7.11 Å². The van der Waals surface area contributed by atoms with E-state index in [1.807, 2.05) is 7.11 Å². The molecule has 0 aromatic rings. The zero-order chi connectivity index (χ0) is 12.2. The number of piperidine rings is 1. The first-order chi connectivity index (χ1) is 7.35. The molecule has 0 aromatic carbocycles. The van der Waals surface area contributed by atoms with E-state index in [1.54, 1.807) is 0 Å². The molecule has 0 amide bonds. The highest BCUT2D eigenvalue weighted by Crippen LogP contribution is 2.37. The number of methoxy groups -OCH3 is 1. The Morgan fingerprint density at radius 1 is 1.12 bits per heavy atom. The quantitative estimate of drug-likeness (QED) is 0.778. The minimum atomic E-state index is 0.0103. The number of nitrogens with one attached hydrogen (secondary N) is 1. The summed E-state index contributed by atoms with van der Waals surface area (Å²) in [6.45, 7) is 11.6. The van der Waals surface area contributed by atoms with Gasteiger partial charge in [0.05, 0.1) is 5.60 Å². The van der Waals surface area contributed by atoms with Crippen molar-refractivity contribution in [1.29, 1.82) is 0 Å². The summed E-state index contributed by atoms with van der Waals surface area (Å²) in [5.74, 6) is 0.906. The van der Waals surface area contributed by atoms with Crippen molar-refractivity contribution in [3.8, 4) is 0 Å². The molecule has 0 spiro atoms. The van der Waals surface area contributed by atoms with Gasteiger partial charge < -0.3 is 10.1 Å². The second-order valence-electron chi connectivity index (χ2n) is 6.70. The van der Waals surface area contributed by atoms with Crippen LogP contribution in [-0.4, -0.2) is 25.8 Å². The van der Waals surface area contributed by atoms with E-state index in [2.05, 4.69) is 33.0 Å². The van der Waals surface area contributed by atoms with E-state index in [0.29, 0.717) is 5.41 Å². The van der Waals surface area contributed by atoms with Gasteiger partial charge in [0.25, 0.3) is 0 Å². The molecule has 0 aliphatic carbocycles. The summed E-state index contributed by atoms with van der Waals surface area (Å²) >= 11 is 0. The highest BCUT2D eigenvalue weighted by molar-refractivity contribution is 4.83. The van der Waals surface area contributed by atoms with Crippen molar-refractivity contribution in [2.24, 2.45) is 11.3 Å². The molecule has 96 valence electrons. The predicted molar refractivity (Wildman–Crippen MR) is 69.7 cm³/mol. The van der Waals surface area contributed by atoms with Crippen molar-refractivity contribution in [2.45, 2.75) is 59.0 Å². The lowest BCUT2D eigenvalue weighted by Gasteiger charge is -2.37. The van der Waals surface area contributed by atoms with Crippen LogP contribution in [-0.2, 0) is 4.74 Å². The Morgan fingerprint density at radius 2 is 1.69 bits per heavy atom. The zero-order valence-corrected chi connectivity index (χ0v) is 11.7. The molecule has 2 heteroatoms. The molecule has 0 radical (unpaired) electrons. The second kappa shape index (κ2) is 5.50. The second-order valence-corrected chi connectivity index (χ2v) is 6.70. The van der Waals surface area contributed by atoms with E-state index in [1.165, 1.54) is 32.4 Å². The number of rotatable bonds is 5. The third kappa shape index (κ3) is 4.84. The zero-order valence-electron chi connectivity index (χ0n) is 11.7. The third-order valence-electron chi connectivity index (χ3n) is 3.76. The van der Waals surface area contributed by atoms with Crippen LogP contribution in [0.5, 0.6) is 0 Å². The Kier molecular flexibility index (Phi) is 4.81. The van der Waals surface area contributed by atoms with Gasteiger partial charge in [0.2, 0.25) is 0 Å². The van der Waals surface area contributed by atoms with Crippen molar-refractivity contribution < 1.29 is 4.74 Å². The van der Waals surface area contributed by atoms with Crippen molar-refractivity contribution in [1.82, 2.24) is 5.32 Å². The Balaban J connectivity index is 2.43. The first kappa shape index (κ1) is 14.0. The van der Waals surface area contributed by atoms with Crippen molar-refractivity contribution in [3.63, 3.8) is 0 Å². The molecule has 0 aromatic heterocycles. The van der Waals surface area contributed by atoms with Gasteiger partial charge in [-0.05, 0) is 64.0 Å². The third-order valence-corrected chi connectivity index (χ3v) is 3.76. The molecule has 1 N–H and O–H groups in total. The molecule has 1 saturated heterocycles. The van der Waals surface area contributed by atoms with Crippen LogP contribution in [0.15, 0.2) is 0 Å². The van der Waals surface area contributed by atoms with Crippen LogP contribution in [0.4, 0.5) is 0 Å². The van der Waals surface area contributed by atoms with Crippen molar-refractivity contribution in [3.05, 3.63) is 0 Å². The molecule has 1 aliphatic heterocycles. The standard InChI is InChI=1S/C14H29NO/c1-13(2,11-14(3,4)16-5)10-12-6-8-15-9-7-12/h12,15H,6-11H2,1-5H3. The van der Waals surface area contributed by atoms with Crippen LogP contribution in [0, 0.1) is 11.3 Å². The first-order valence-electron chi connectivity index (χ1n) is 6.60. The van der Waals surface area contributed by atoms with Crippen molar-refractivity contribution in [2.75, 3.05) is 20.2 Å². The van der Waals surface area contributed by atoms with Crippen LogP contribution < -0.4 is 5.32 Å². The van der Waals surface area contributed by atoms with E-state index < -0.39 is 0 Å². The average Bonchev–Trinajstić information content (AvgIpc) is 2.17. The molecule has 1 fully saturated rings. The maximum Gasteiger partial charge on any atom is 0.0627 e. The molecule has 0 bridgehead atoms. The molecule has 2 nitrogen and oxygen atoms in total. The smallest absolute Gasteiger partial charge is 0.0627 e. The summed E-state index contributed by atoms with van der Waals surface area (Å²) in [5.41, 5.74) is 0.401. The predicted octanol–water partition coefficient (Wildman–Crippen LogP) is 3.22. The van der Waals surface area contributed by atoms with Gasteiger partial charge in [0.15, 0.2) is 0 Å². The highest BCUT2D eigenvalue weighted by Gasteiger charge is 2.31. The normalized spacial score (nSPS) is 20.1. The van der Waals surface area contributed by atoms with Gasteiger partial charge in [-0.1, -0.05) is 13.8 Å². The van der Waals surface area contributed by atoms with Gasteiger partial charge in [-0.15, -0.1) is 0 Å². The van der Waals surface area contributed by atoms with Crippen LogP contribution in [0.25, 0.3) is 0 Å². The maximum atomic E-state index is 5.55. The fraction of sp³-hybridized carbons (Fsp3) is 1.00. The molecule has 16 heavy (non-hydrogen) atoms. The number of hydrogen-bond acceptors (Lipinski definition) is 2. The first-order valence-corrected chi connectivity index (χ1v) is 6.60. The van der Waals surface area contributed by atoms with Crippen LogP contribution in [0.3, 0.4) is 0 Å². The number of hydrogen-bond donors (Lipinski definition) is 1. The molecule has 0 unspecified atom stereocenters. The Morgan fingerprint density at radius 3 is 2.19 bits per heavy atom. The fourth-order valence-electron chi connectivity index (χ4n) is 3.16. The molecule has 0 saturated carbocycles. The summed E-state index contributed by atoms with van der Waals surface area (Å²) in [5, 5.41) is 3.44. The highest BCUT2D eigenvalue weighted by atomic mass is 16.5. The summed E-state index contributed by atoms with van der Waals surface area (Å²) in [6.07, 6.45) is 5.16. The molecule has 1 heterocycles. The van der Waals surface area contributed by atoms with E-state index in [-0.39, 0.29) is 5.60 Å². The van der Waals surface area contributed by atoms with E-state index in [4.69, 9.17) is 4.74 Å². The summed E-state index contributed by atoms with van der Waals surface area (Å²) < 4.78 is 5.55. The van der Waals surface area contributed by atoms with Gasteiger partial charge in [-0.3, -0.25) is 0 Å². The van der Waals surface area contributed by atoms with Crippen LogP contribution in [0.2, 0.25) is 0 Å². The van der Waals surface area contributed by atoms with Gasteiger partial charge >= 0.3 is 0 Å². The SMILES string of the molecule is COC(C)(C)CC(C)(C)CC1CCNCC1. The summed E-state index contributed by atoms with van der Waals surface area (Å²) in [4.78, 5) is 0. The van der Waals surface area contributed by atoms with Gasteiger partial charge in [0.1, 0.15) is 0 Å². The van der Waals surface area contributed by atoms with Gasteiger partial charge in [-0.25, -0.2) is 0 Å². The lowest BCUT2D eigenvalue weighted by Crippen LogP contribution is -2.34. The maximum absolute atomic E-state index is 5.55. The van der Waals surface area contributed by atoms with Crippen LogP contribution >= 0.6 is 0 Å². The Bertz CT molecular complexity index is 205. The summed E-state index contributed by atoms with van der Waals surface area (Å²) in [7, 11) is 1.82. The lowest BCUT2D eigenvalue weighted by molar-refractivity contribution is -0.0186. The lowest BCUT2D eigenvalue weighted by atomic mass is 9.73. The molecule has 0 atom stereocenters. The minimum absolute atomic E-state index is 0.0103.